The van der Waals surface area contributed by atoms with Crippen molar-refractivity contribution in [3.8, 4) is 5.75 Å². The van der Waals surface area contributed by atoms with Crippen LogP contribution in [0.1, 0.15) is 29.6 Å². The highest BCUT2D eigenvalue weighted by Gasteiger charge is 2.34. The Hall–Kier alpha value is -1.06. The first-order valence-corrected chi connectivity index (χ1v) is 6.23. The fourth-order valence-electron chi connectivity index (χ4n) is 2.42. The van der Waals surface area contributed by atoms with Gasteiger partial charge in [0.2, 0.25) is 0 Å². The molecule has 1 aromatic rings. The first-order valence-electron chi connectivity index (χ1n) is 5.85. The lowest BCUT2D eigenvalue weighted by molar-refractivity contribution is 0.00491. The van der Waals surface area contributed by atoms with E-state index in [2.05, 4.69) is 0 Å². The molecule has 0 aliphatic carbocycles. The van der Waals surface area contributed by atoms with Crippen molar-refractivity contribution in [3.63, 3.8) is 0 Å². The van der Waals surface area contributed by atoms with E-state index in [0.717, 1.165) is 19.4 Å². The topological polar surface area (TPSA) is 35.5 Å². The van der Waals surface area contributed by atoms with Gasteiger partial charge in [0, 0.05) is 11.6 Å². The predicted molar refractivity (Wildman–Crippen MR) is 63.8 cm³/mol. The number of fused-ring (bicyclic) bond motifs is 1. The van der Waals surface area contributed by atoms with Crippen LogP contribution in [0.2, 0.25) is 5.02 Å². The monoisotopic (exact) mass is 252 g/mol. The number of hydrogen-bond acceptors (Lipinski definition) is 3. The van der Waals surface area contributed by atoms with Crippen LogP contribution in [0.5, 0.6) is 5.75 Å². The molecule has 2 aliphatic rings. The number of ether oxygens (including phenoxy) is 2. The molecule has 2 heterocycles. The smallest absolute Gasteiger partial charge is 0.170 e. The number of ketones is 1. The minimum Gasteiger partial charge on any atom is -0.486 e. The number of carbonyl (C=O) groups is 1. The molecule has 4 heteroatoms. The quantitative estimate of drug-likeness (QED) is 0.771. The predicted octanol–water partition coefficient (Wildman–Crippen LogP) is 2.85. The largest absolute Gasteiger partial charge is 0.486 e. The van der Waals surface area contributed by atoms with E-state index < -0.39 is 0 Å². The van der Waals surface area contributed by atoms with Gasteiger partial charge in [-0.25, -0.2) is 0 Å². The summed E-state index contributed by atoms with van der Waals surface area (Å²) in [5.74, 6) is 0.723. The summed E-state index contributed by atoms with van der Waals surface area (Å²) in [6, 6.07) is 5.17. The van der Waals surface area contributed by atoms with Crippen molar-refractivity contribution < 1.29 is 14.3 Å². The molecule has 1 saturated heterocycles. The van der Waals surface area contributed by atoms with Gasteiger partial charge in [-0.2, -0.15) is 0 Å². The van der Waals surface area contributed by atoms with Crippen LogP contribution in [0.4, 0.5) is 0 Å². The second-order valence-electron chi connectivity index (χ2n) is 4.48. The molecule has 0 bridgehead atoms. The molecular formula is C13H13ClO3. The molecule has 0 saturated carbocycles. The van der Waals surface area contributed by atoms with Gasteiger partial charge in [-0.3, -0.25) is 4.79 Å². The molecule has 0 amide bonds. The molecule has 0 aromatic heterocycles. The summed E-state index contributed by atoms with van der Waals surface area (Å²) in [5.41, 5.74) is 0.590. The Balaban J connectivity index is 1.87. The van der Waals surface area contributed by atoms with Gasteiger partial charge < -0.3 is 9.47 Å². The van der Waals surface area contributed by atoms with E-state index in [1.165, 1.54) is 0 Å². The van der Waals surface area contributed by atoms with Crippen molar-refractivity contribution in [2.45, 2.75) is 31.5 Å². The maximum Gasteiger partial charge on any atom is 0.170 e. The Morgan fingerprint density at radius 3 is 2.94 bits per heavy atom. The molecule has 0 N–H and O–H groups in total. The zero-order chi connectivity index (χ0) is 11.8. The van der Waals surface area contributed by atoms with E-state index in [1.54, 1.807) is 18.2 Å². The summed E-state index contributed by atoms with van der Waals surface area (Å²) in [7, 11) is 0. The maximum atomic E-state index is 12.0. The fourth-order valence-corrected chi connectivity index (χ4v) is 2.60. The summed E-state index contributed by atoms with van der Waals surface area (Å²) in [6.45, 7) is 0.770. The van der Waals surface area contributed by atoms with Crippen molar-refractivity contribution in [1.82, 2.24) is 0 Å². The normalized spacial score (nSPS) is 27.7. The van der Waals surface area contributed by atoms with Gasteiger partial charge in [-0.05, 0) is 31.0 Å². The van der Waals surface area contributed by atoms with Gasteiger partial charge in [0.15, 0.2) is 5.78 Å². The summed E-state index contributed by atoms with van der Waals surface area (Å²) in [4.78, 5) is 12.0. The zero-order valence-corrected chi connectivity index (χ0v) is 10.1. The Labute approximate surface area is 105 Å². The van der Waals surface area contributed by atoms with Crippen LogP contribution in [0.15, 0.2) is 18.2 Å². The van der Waals surface area contributed by atoms with Gasteiger partial charge >= 0.3 is 0 Å². The van der Waals surface area contributed by atoms with E-state index >= 15 is 0 Å². The minimum atomic E-state index is -0.140. The van der Waals surface area contributed by atoms with Crippen LogP contribution in [0.3, 0.4) is 0 Å². The van der Waals surface area contributed by atoms with Crippen LogP contribution >= 0.6 is 11.6 Å². The molecule has 2 unspecified atom stereocenters. The van der Waals surface area contributed by atoms with E-state index in [-0.39, 0.29) is 18.0 Å². The van der Waals surface area contributed by atoms with E-state index in [1.807, 2.05) is 0 Å². The lowest BCUT2D eigenvalue weighted by atomic mass is 9.97. The highest BCUT2D eigenvalue weighted by Crippen LogP contribution is 2.33. The number of halogens is 1. The molecule has 90 valence electrons. The molecular weight excluding hydrogens is 240 g/mol. The average molecular weight is 253 g/mol. The van der Waals surface area contributed by atoms with Crippen molar-refractivity contribution in [3.05, 3.63) is 28.8 Å². The van der Waals surface area contributed by atoms with E-state index in [4.69, 9.17) is 21.1 Å². The highest BCUT2D eigenvalue weighted by atomic mass is 35.5. The Morgan fingerprint density at radius 1 is 1.29 bits per heavy atom. The zero-order valence-electron chi connectivity index (χ0n) is 9.32. The summed E-state index contributed by atoms with van der Waals surface area (Å²) >= 11 is 5.87. The molecule has 1 aromatic carbocycles. The Bertz CT molecular complexity index is 452. The molecule has 3 nitrogen and oxygen atoms in total. The van der Waals surface area contributed by atoms with Crippen LogP contribution in [0.25, 0.3) is 0 Å². The highest BCUT2D eigenvalue weighted by molar-refractivity contribution is 6.31. The third-order valence-corrected chi connectivity index (χ3v) is 3.52. The minimum absolute atomic E-state index is 0.0581. The number of hydrogen-bond donors (Lipinski definition) is 0. The van der Waals surface area contributed by atoms with Crippen LogP contribution in [-0.2, 0) is 4.74 Å². The standard InChI is InChI=1S/C13H13ClO3/c14-8-3-4-11-9(6-8)10(15)7-13(17-11)12-2-1-5-16-12/h3-4,6,12-13H,1-2,5,7H2. The molecule has 17 heavy (non-hydrogen) atoms. The average Bonchev–Trinajstić information content (AvgIpc) is 2.83. The fraction of sp³-hybridized carbons (Fsp3) is 0.462. The van der Waals surface area contributed by atoms with Crippen molar-refractivity contribution >= 4 is 17.4 Å². The van der Waals surface area contributed by atoms with Crippen molar-refractivity contribution in [1.29, 1.82) is 0 Å². The van der Waals surface area contributed by atoms with Gasteiger partial charge in [0.05, 0.1) is 18.1 Å². The van der Waals surface area contributed by atoms with Gasteiger partial charge in [0.1, 0.15) is 11.9 Å². The molecule has 0 radical (unpaired) electrons. The number of benzene rings is 1. The van der Waals surface area contributed by atoms with Gasteiger partial charge in [-0.1, -0.05) is 11.6 Å². The molecule has 2 aliphatic heterocycles. The Kier molecular flexibility index (Phi) is 2.81. The molecule has 1 fully saturated rings. The first-order chi connectivity index (χ1) is 8.24. The Morgan fingerprint density at radius 2 is 2.18 bits per heavy atom. The third kappa shape index (κ3) is 2.05. The lowest BCUT2D eigenvalue weighted by Crippen LogP contribution is -2.36. The number of rotatable bonds is 1. The molecule has 2 atom stereocenters. The lowest BCUT2D eigenvalue weighted by Gasteiger charge is -2.28. The third-order valence-electron chi connectivity index (χ3n) is 3.29. The van der Waals surface area contributed by atoms with Crippen LogP contribution in [-0.4, -0.2) is 24.6 Å². The first kappa shape index (κ1) is 11.1. The summed E-state index contributed by atoms with van der Waals surface area (Å²) in [6.07, 6.45) is 2.33. The molecule has 0 spiro atoms. The second kappa shape index (κ2) is 4.31. The number of Topliss-reactive ketones (excluding diaryl/α,β-unsaturated/α-hetero) is 1. The number of carbonyl (C=O) groups excluding carboxylic acids is 1. The SMILES string of the molecule is O=C1CC(C2CCCO2)Oc2ccc(Cl)cc21. The maximum absolute atomic E-state index is 12.0. The van der Waals surface area contributed by atoms with E-state index in [9.17, 15) is 4.79 Å². The van der Waals surface area contributed by atoms with Crippen LogP contribution < -0.4 is 4.74 Å². The van der Waals surface area contributed by atoms with Crippen molar-refractivity contribution in [2.75, 3.05) is 6.61 Å². The van der Waals surface area contributed by atoms with Gasteiger partial charge in [-0.15, -0.1) is 0 Å². The van der Waals surface area contributed by atoms with Crippen LogP contribution in [0, 0.1) is 0 Å². The summed E-state index contributed by atoms with van der Waals surface area (Å²) < 4.78 is 11.4. The van der Waals surface area contributed by atoms with Gasteiger partial charge in [0.25, 0.3) is 0 Å². The van der Waals surface area contributed by atoms with Crippen molar-refractivity contribution in [2.24, 2.45) is 0 Å². The second-order valence-corrected chi connectivity index (χ2v) is 4.91. The molecule has 3 rings (SSSR count). The summed E-state index contributed by atoms with van der Waals surface area (Å²) in [5, 5.41) is 0.566. The van der Waals surface area contributed by atoms with E-state index in [0.29, 0.717) is 22.8 Å².